The van der Waals surface area contributed by atoms with E-state index in [1.54, 1.807) is 0 Å². The average Bonchev–Trinajstić information content (AvgIpc) is 2.49. The molecular formula is C18H27NO. The van der Waals surface area contributed by atoms with Gasteiger partial charge in [-0.15, -0.1) is 0 Å². The minimum absolute atomic E-state index is 0.367. The van der Waals surface area contributed by atoms with Crippen LogP contribution < -0.4 is 0 Å². The van der Waals surface area contributed by atoms with Crippen molar-refractivity contribution in [3.63, 3.8) is 0 Å². The molecule has 0 amide bonds. The van der Waals surface area contributed by atoms with E-state index in [1.165, 1.54) is 50.6 Å². The van der Waals surface area contributed by atoms with Gasteiger partial charge in [0.25, 0.3) is 0 Å². The number of phenolic OH excluding ortho intramolecular Hbond substituents is 1. The number of aromatic hydroxyl groups is 1. The number of likely N-dealkylation sites (tertiary alicyclic amines) is 1. The number of hydrogen-bond acceptors (Lipinski definition) is 2. The standard InChI is InChI=1S/C18H27NO/c1-14(13-15-8-10-17(20)11-9-15)19-12-4-6-16-5-2-3-7-18(16)19/h8-11,14,16,18,20H,2-7,12-13H2,1H3. The predicted octanol–water partition coefficient (Wildman–Crippen LogP) is 3.98. The highest BCUT2D eigenvalue weighted by Crippen LogP contribution is 2.36. The summed E-state index contributed by atoms with van der Waals surface area (Å²) in [5.41, 5.74) is 1.34. The van der Waals surface area contributed by atoms with Gasteiger partial charge in [-0.25, -0.2) is 0 Å². The molecule has 1 aliphatic carbocycles. The van der Waals surface area contributed by atoms with E-state index in [-0.39, 0.29) is 0 Å². The van der Waals surface area contributed by atoms with Gasteiger partial charge in [0.05, 0.1) is 0 Å². The Morgan fingerprint density at radius 3 is 2.60 bits per heavy atom. The first-order valence-corrected chi connectivity index (χ1v) is 8.27. The van der Waals surface area contributed by atoms with Crippen LogP contribution in [0.25, 0.3) is 0 Å². The van der Waals surface area contributed by atoms with Gasteiger partial charge in [0.15, 0.2) is 0 Å². The maximum absolute atomic E-state index is 9.38. The van der Waals surface area contributed by atoms with Crippen molar-refractivity contribution in [2.75, 3.05) is 6.54 Å². The van der Waals surface area contributed by atoms with E-state index in [1.807, 2.05) is 12.1 Å². The molecule has 1 aromatic rings. The van der Waals surface area contributed by atoms with Gasteiger partial charge >= 0.3 is 0 Å². The second-order valence-corrected chi connectivity index (χ2v) is 6.71. The largest absolute Gasteiger partial charge is 0.508 e. The van der Waals surface area contributed by atoms with Crippen LogP contribution in [0.1, 0.15) is 51.0 Å². The van der Waals surface area contributed by atoms with Gasteiger partial charge in [0.1, 0.15) is 5.75 Å². The summed E-state index contributed by atoms with van der Waals surface area (Å²) in [4.78, 5) is 2.78. The molecule has 0 spiro atoms. The van der Waals surface area contributed by atoms with Gasteiger partial charge in [-0.05, 0) is 69.2 Å². The summed E-state index contributed by atoms with van der Waals surface area (Å²) in [6, 6.07) is 9.20. The second kappa shape index (κ2) is 6.17. The van der Waals surface area contributed by atoms with Gasteiger partial charge in [-0.1, -0.05) is 25.0 Å². The number of rotatable bonds is 3. The van der Waals surface area contributed by atoms with Gasteiger partial charge in [-0.3, -0.25) is 4.90 Å². The monoisotopic (exact) mass is 273 g/mol. The van der Waals surface area contributed by atoms with Crippen molar-refractivity contribution in [2.24, 2.45) is 5.92 Å². The van der Waals surface area contributed by atoms with Crippen molar-refractivity contribution in [1.29, 1.82) is 0 Å². The molecule has 2 heteroatoms. The number of nitrogens with zero attached hydrogens (tertiary/aromatic N) is 1. The SMILES string of the molecule is CC(Cc1ccc(O)cc1)N1CCCC2CCCCC21. The molecule has 1 saturated carbocycles. The Kier molecular flexibility index (Phi) is 4.30. The first kappa shape index (κ1) is 13.9. The molecule has 2 nitrogen and oxygen atoms in total. The van der Waals surface area contributed by atoms with E-state index in [9.17, 15) is 5.11 Å². The molecule has 1 saturated heterocycles. The third-order valence-corrected chi connectivity index (χ3v) is 5.32. The Morgan fingerprint density at radius 1 is 1.10 bits per heavy atom. The molecule has 3 rings (SSSR count). The van der Waals surface area contributed by atoms with Crippen molar-refractivity contribution in [2.45, 2.75) is 64.0 Å². The van der Waals surface area contributed by atoms with Gasteiger partial charge in [0, 0.05) is 12.1 Å². The molecule has 0 radical (unpaired) electrons. The summed E-state index contributed by atoms with van der Waals surface area (Å²) >= 11 is 0. The topological polar surface area (TPSA) is 23.5 Å². The smallest absolute Gasteiger partial charge is 0.115 e. The van der Waals surface area contributed by atoms with Crippen molar-refractivity contribution >= 4 is 0 Å². The van der Waals surface area contributed by atoms with E-state index in [0.29, 0.717) is 11.8 Å². The van der Waals surface area contributed by atoms with E-state index < -0.39 is 0 Å². The van der Waals surface area contributed by atoms with Gasteiger partial charge in [0.2, 0.25) is 0 Å². The molecule has 3 unspecified atom stereocenters. The quantitative estimate of drug-likeness (QED) is 0.900. The van der Waals surface area contributed by atoms with Crippen LogP contribution in [0.4, 0.5) is 0 Å². The summed E-state index contributed by atoms with van der Waals surface area (Å²) < 4.78 is 0. The molecule has 0 aromatic heterocycles. The summed E-state index contributed by atoms with van der Waals surface area (Å²) in [5, 5.41) is 9.38. The van der Waals surface area contributed by atoms with Crippen LogP contribution >= 0.6 is 0 Å². The van der Waals surface area contributed by atoms with Gasteiger partial charge in [-0.2, -0.15) is 0 Å². The lowest BCUT2D eigenvalue weighted by atomic mass is 9.77. The fraction of sp³-hybridized carbons (Fsp3) is 0.667. The summed E-state index contributed by atoms with van der Waals surface area (Å²) in [6.07, 6.45) is 9.65. The maximum atomic E-state index is 9.38. The van der Waals surface area contributed by atoms with E-state index >= 15 is 0 Å². The molecular weight excluding hydrogens is 246 g/mol. The average molecular weight is 273 g/mol. The zero-order valence-electron chi connectivity index (χ0n) is 12.6. The van der Waals surface area contributed by atoms with Crippen molar-refractivity contribution in [3.05, 3.63) is 29.8 Å². The minimum Gasteiger partial charge on any atom is -0.508 e. The molecule has 2 fully saturated rings. The molecule has 1 aromatic carbocycles. The van der Waals surface area contributed by atoms with Crippen LogP contribution in [-0.4, -0.2) is 28.6 Å². The third-order valence-electron chi connectivity index (χ3n) is 5.32. The maximum Gasteiger partial charge on any atom is 0.115 e. The van der Waals surface area contributed by atoms with Crippen LogP contribution in [-0.2, 0) is 6.42 Å². The summed E-state index contributed by atoms with van der Waals surface area (Å²) in [7, 11) is 0. The summed E-state index contributed by atoms with van der Waals surface area (Å²) in [6.45, 7) is 3.66. The number of piperidine rings is 1. The first-order valence-electron chi connectivity index (χ1n) is 8.27. The Morgan fingerprint density at radius 2 is 1.80 bits per heavy atom. The van der Waals surface area contributed by atoms with Crippen LogP contribution in [0.2, 0.25) is 0 Å². The highest BCUT2D eigenvalue weighted by molar-refractivity contribution is 5.26. The lowest BCUT2D eigenvalue weighted by Gasteiger charge is -2.47. The normalized spacial score (nSPS) is 28.9. The van der Waals surface area contributed by atoms with E-state index in [0.717, 1.165) is 18.4 Å². The molecule has 1 heterocycles. The molecule has 110 valence electrons. The third kappa shape index (κ3) is 3.01. The van der Waals surface area contributed by atoms with E-state index in [2.05, 4.69) is 24.0 Å². The Hall–Kier alpha value is -1.02. The van der Waals surface area contributed by atoms with Crippen LogP contribution in [0, 0.1) is 5.92 Å². The number of phenols is 1. The fourth-order valence-corrected chi connectivity index (χ4v) is 4.30. The zero-order chi connectivity index (χ0) is 13.9. The summed E-state index contributed by atoms with van der Waals surface area (Å²) in [5.74, 6) is 1.33. The number of benzene rings is 1. The molecule has 2 aliphatic rings. The molecule has 1 aliphatic heterocycles. The Labute approximate surface area is 122 Å². The van der Waals surface area contributed by atoms with Crippen LogP contribution in [0.15, 0.2) is 24.3 Å². The molecule has 3 atom stereocenters. The molecule has 1 N–H and O–H groups in total. The zero-order valence-corrected chi connectivity index (χ0v) is 12.6. The first-order chi connectivity index (χ1) is 9.74. The highest BCUT2D eigenvalue weighted by Gasteiger charge is 2.35. The fourth-order valence-electron chi connectivity index (χ4n) is 4.30. The van der Waals surface area contributed by atoms with Crippen LogP contribution in [0.5, 0.6) is 5.75 Å². The second-order valence-electron chi connectivity index (χ2n) is 6.71. The van der Waals surface area contributed by atoms with Crippen molar-refractivity contribution in [1.82, 2.24) is 4.90 Å². The lowest BCUT2D eigenvalue weighted by molar-refractivity contribution is 0.0315. The number of fused-ring (bicyclic) bond motifs is 1. The van der Waals surface area contributed by atoms with Crippen LogP contribution in [0.3, 0.4) is 0 Å². The Balaban J connectivity index is 1.66. The van der Waals surface area contributed by atoms with Crippen molar-refractivity contribution in [3.8, 4) is 5.75 Å². The van der Waals surface area contributed by atoms with Crippen molar-refractivity contribution < 1.29 is 5.11 Å². The lowest BCUT2D eigenvalue weighted by Crippen LogP contribution is -2.51. The highest BCUT2D eigenvalue weighted by atomic mass is 16.3. The van der Waals surface area contributed by atoms with E-state index in [4.69, 9.17) is 0 Å². The predicted molar refractivity (Wildman–Crippen MR) is 83.0 cm³/mol. The minimum atomic E-state index is 0.367. The molecule has 0 bridgehead atoms. The molecule has 20 heavy (non-hydrogen) atoms. The Bertz CT molecular complexity index is 426. The van der Waals surface area contributed by atoms with Gasteiger partial charge < -0.3 is 5.11 Å². The number of hydrogen-bond donors (Lipinski definition) is 1.